The summed E-state index contributed by atoms with van der Waals surface area (Å²) in [7, 11) is 0. The number of carbonyl (C=O) groups excluding carboxylic acids is 1. The molecule has 1 N–H and O–H groups in total. The number of amides is 1. The highest BCUT2D eigenvalue weighted by Gasteiger charge is 2.19. The van der Waals surface area contributed by atoms with Crippen LogP contribution in [0.1, 0.15) is 49.4 Å². The second kappa shape index (κ2) is 9.17. The van der Waals surface area contributed by atoms with Crippen molar-refractivity contribution in [3.05, 3.63) is 66.0 Å². The summed E-state index contributed by atoms with van der Waals surface area (Å²) in [6.07, 6.45) is 12.9. The van der Waals surface area contributed by atoms with E-state index in [9.17, 15) is 4.79 Å². The van der Waals surface area contributed by atoms with E-state index in [-0.39, 0.29) is 5.91 Å². The molecule has 1 aliphatic heterocycles. The fourth-order valence-electron chi connectivity index (χ4n) is 4.48. The van der Waals surface area contributed by atoms with E-state index in [2.05, 4.69) is 16.4 Å². The highest BCUT2D eigenvalue weighted by molar-refractivity contribution is 6.09. The average molecular weight is 391 g/mol. The van der Waals surface area contributed by atoms with E-state index in [0.717, 1.165) is 41.2 Å². The molecule has 2 aromatic carbocycles. The van der Waals surface area contributed by atoms with Gasteiger partial charge in [-0.2, -0.15) is 0 Å². The van der Waals surface area contributed by atoms with E-state index >= 15 is 0 Å². The molecule has 4 heteroatoms. The first-order chi connectivity index (χ1) is 14.2. The molecule has 29 heavy (non-hydrogen) atoms. The van der Waals surface area contributed by atoms with Crippen molar-refractivity contribution in [1.29, 1.82) is 0 Å². The quantitative estimate of drug-likeness (QED) is 0.731. The summed E-state index contributed by atoms with van der Waals surface area (Å²) in [6, 6.07) is 11.7. The van der Waals surface area contributed by atoms with Crippen molar-refractivity contribution in [1.82, 2.24) is 10.2 Å². The molecule has 1 fully saturated rings. The Kier molecular flexibility index (Phi) is 6.18. The SMILES string of the molecule is CCOc1ccc(C(=O)NC2=CC=CN(CC3CCCCC3)C2)c2ccccc12. The van der Waals surface area contributed by atoms with Crippen LogP contribution in [0, 0.1) is 5.92 Å². The Hall–Kier alpha value is -2.75. The average Bonchev–Trinajstić information content (AvgIpc) is 2.75. The lowest BCUT2D eigenvalue weighted by Crippen LogP contribution is -2.35. The van der Waals surface area contributed by atoms with E-state index in [1.807, 2.05) is 55.5 Å². The number of carbonyl (C=O) groups is 1. The predicted molar refractivity (Wildman–Crippen MR) is 118 cm³/mol. The fourth-order valence-corrected chi connectivity index (χ4v) is 4.48. The first-order valence-electron chi connectivity index (χ1n) is 10.8. The van der Waals surface area contributed by atoms with Gasteiger partial charge >= 0.3 is 0 Å². The van der Waals surface area contributed by atoms with Crippen molar-refractivity contribution in [3.8, 4) is 5.75 Å². The van der Waals surface area contributed by atoms with Crippen molar-refractivity contribution < 1.29 is 9.53 Å². The molecular weight excluding hydrogens is 360 g/mol. The van der Waals surface area contributed by atoms with Crippen LogP contribution in [0.3, 0.4) is 0 Å². The van der Waals surface area contributed by atoms with Gasteiger partial charge in [-0.3, -0.25) is 4.79 Å². The number of benzene rings is 2. The lowest BCUT2D eigenvalue weighted by Gasteiger charge is -2.31. The lowest BCUT2D eigenvalue weighted by atomic mass is 9.89. The molecular formula is C25H30N2O2. The maximum atomic E-state index is 13.1. The molecule has 1 saturated carbocycles. The van der Waals surface area contributed by atoms with Crippen molar-refractivity contribution in [2.75, 3.05) is 19.7 Å². The van der Waals surface area contributed by atoms with Crippen molar-refractivity contribution in [2.45, 2.75) is 39.0 Å². The summed E-state index contributed by atoms with van der Waals surface area (Å²) in [5, 5.41) is 5.02. The number of hydrogen-bond donors (Lipinski definition) is 1. The first-order valence-corrected chi connectivity index (χ1v) is 10.8. The summed E-state index contributed by atoms with van der Waals surface area (Å²) in [5.41, 5.74) is 1.63. The van der Waals surface area contributed by atoms with E-state index in [0.29, 0.717) is 12.2 Å². The largest absolute Gasteiger partial charge is 0.493 e. The summed E-state index contributed by atoms with van der Waals surface area (Å²) >= 11 is 0. The fraction of sp³-hybridized carbons (Fsp3) is 0.400. The molecule has 1 amide bonds. The van der Waals surface area contributed by atoms with Gasteiger partial charge in [-0.25, -0.2) is 0 Å². The minimum absolute atomic E-state index is 0.0663. The van der Waals surface area contributed by atoms with Crippen LogP contribution in [0.25, 0.3) is 10.8 Å². The van der Waals surface area contributed by atoms with Gasteiger partial charge in [0.05, 0.1) is 13.2 Å². The van der Waals surface area contributed by atoms with E-state index < -0.39 is 0 Å². The van der Waals surface area contributed by atoms with Gasteiger partial charge in [0.1, 0.15) is 5.75 Å². The number of nitrogens with zero attached hydrogens (tertiary/aromatic N) is 1. The van der Waals surface area contributed by atoms with Crippen LogP contribution in [-0.2, 0) is 0 Å². The summed E-state index contributed by atoms with van der Waals surface area (Å²) in [6.45, 7) is 4.41. The molecule has 2 aromatic rings. The number of fused-ring (bicyclic) bond motifs is 1. The van der Waals surface area contributed by atoms with Gasteiger partial charge in [-0.15, -0.1) is 0 Å². The van der Waals surface area contributed by atoms with Crippen LogP contribution in [0.5, 0.6) is 5.75 Å². The molecule has 4 rings (SSSR count). The minimum Gasteiger partial charge on any atom is -0.493 e. The van der Waals surface area contributed by atoms with Crippen LogP contribution < -0.4 is 10.1 Å². The summed E-state index contributed by atoms with van der Waals surface area (Å²) < 4.78 is 5.73. The standard InChI is InChI=1S/C25H30N2O2/c1-2-29-24-15-14-23(21-12-6-7-13-22(21)24)25(28)26-20-11-8-16-27(18-20)17-19-9-4-3-5-10-19/h6-8,11-16,19H,2-5,9-10,17-18H2,1H3,(H,26,28). The van der Waals surface area contributed by atoms with Gasteiger partial charge in [0.25, 0.3) is 5.91 Å². The Morgan fingerprint density at radius 2 is 1.90 bits per heavy atom. The molecule has 2 aliphatic rings. The zero-order chi connectivity index (χ0) is 20.1. The molecule has 1 heterocycles. The number of rotatable bonds is 6. The Balaban J connectivity index is 1.46. The molecule has 152 valence electrons. The van der Waals surface area contributed by atoms with E-state index in [1.165, 1.54) is 32.1 Å². The van der Waals surface area contributed by atoms with Crippen molar-refractivity contribution in [3.63, 3.8) is 0 Å². The van der Waals surface area contributed by atoms with Gasteiger partial charge in [0, 0.05) is 23.2 Å². The van der Waals surface area contributed by atoms with Gasteiger partial charge in [-0.1, -0.05) is 43.5 Å². The smallest absolute Gasteiger partial charge is 0.256 e. The van der Waals surface area contributed by atoms with Crippen LogP contribution in [0.15, 0.2) is 60.4 Å². The maximum absolute atomic E-state index is 13.1. The van der Waals surface area contributed by atoms with Crippen LogP contribution in [0.4, 0.5) is 0 Å². The molecule has 0 saturated heterocycles. The highest BCUT2D eigenvalue weighted by Crippen LogP contribution is 2.29. The Labute approximate surface area is 173 Å². The van der Waals surface area contributed by atoms with E-state index in [4.69, 9.17) is 4.74 Å². The molecule has 0 atom stereocenters. The number of nitrogens with one attached hydrogen (secondary N) is 1. The molecule has 0 bridgehead atoms. The van der Waals surface area contributed by atoms with Gasteiger partial charge < -0.3 is 15.0 Å². The second-order valence-electron chi connectivity index (χ2n) is 8.01. The maximum Gasteiger partial charge on any atom is 0.256 e. The highest BCUT2D eigenvalue weighted by atomic mass is 16.5. The van der Waals surface area contributed by atoms with Crippen molar-refractivity contribution in [2.24, 2.45) is 5.92 Å². The predicted octanol–water partition coefficient (Wildman–Crippen LogP) is 5.26. The number of allylic oxidation sites excluding steroid dienone is 2. The molecule has 0 spiro atoms. The number of ether oxygens (including phenoxy) is 1. The molecule has 0 radical (unpaired) electrons. The third-order valence-corrected chi connectivity index (χ3v) is 5.89. The van der Waals surface area contributed by atoms with Gasteiger partial charge in [0.15, 0.2) is 0 Å². The molecule has 0 unspecified atom stereocenters. The zero-order valence-corrected chi connectivity index (χ0v) is 17.2. The first kappa shape index (κ1) is 19.6. The monoisotopic (exact) mass is 390 g/mol. The Morgan fingerprint density at radius 3 is 2.69 bits per heavy atom. The second-order valence-corrected chi connectivity index (χ2v) is 8.01. The number of hydrogen-bond acceptors (Lipinski definition) is 3. The summed E-state index contributed by atoms with van der Waals surface area (Å²) in [4.78, 5) is 15.4. The molecule has 0 aromatic heterocycles. The van der Waals surface area contributed by atoms with Crippen LogP contribution in [0.2, 0.25) is 0 Å². The van der Waals surface area contributed by atoms with Crippen LogP contribution in [-0.4, -0.2) is 30.5 Å². The Bertz CT molecular complexity index is 926. The minimum atomic E-state index is -0.0663. The molecule has 1 aliphatic carbocycles. The van der Waals surface area contributed by atoms with Crippen LogP contribution >= 0.6 is 0 Å². The normalized spacial score (nSPS) is 17.3. The third kappa shape index (κ3) is 4.64. The van der Waals surface area contributed by atoms with E-state index in [1.54, 1.807) is 0 Å². The summed E-state index contributed by atoms with van der Waals surface area (Å²) in [5.74, 6) is 1.53. The molecule has 4 nitrogen and oxygen atoms in total. The lowest BCUT2D eigenvalue weighted by molar-refractivity contribution is 0.0964. The third-order valence-electron chi connectivity index (χ3n) is 5.89. The van der Waals surface area contributed by atoms with Gasteiger partial charge in [-0.05, 0) is 61.6 Å². The van der Waals surface area contributed by atoms with Crippen molar-refractivity contribution >= 4 is 16.7 Å². The Morgan fingerprint density at radius 1 is 1.10 bits per heavy atom. The topological polar surface area (TPSA) is 41.6 Å². The zero-order valence-electron chi connectivity index (χ0n) is 17.2. The van der Waals surface area contributed by atoms with Gasteiger partial charge in [0.2, 0.25) is 0 Å².